The van der Waals surface area contributed by atoms with Gasteiger partial charge in [-0.05, 0) is 38.8 Å². The van der Waals surface area contributed by atoms with Crippen molar-refractivity contribution < 1.29 is 19.5 Å². The van der Waals surface area contributed by atoms with Gasteiger partial charge in [-0.25, -0.2) is 14.1 Å². The van der Waals surface area contributed by atoms with Crippen LogP contribution in [0, 0.1) is 0 Å². The molecular formula is C18H23N2O4+. The van der Waals surface area contributed by atoms with Crippen LogP contribution in [-0.4, -0.2) is 41.0 Å². The predicted molar refractivity (Wildman–Crippen MR) is 90.1 cm³/mol. The molecule has 0 saturated carbocycles. The van der Waals surface area contributed by atoms with E-state index in [1.165, 1.54) is 0 Å². The van der Waals surface area contributed by atoms with E-state index in [9.17, 15) is 14.4 Å². The lowest BCUT2D eigenvalue weighted by atomic mass is 9.98. The number of rotatable bonds is 2. The van der Waals surface area contributed by atoms with Crippen molar-refractivity contribution in [2.24, 2.45) is 0 Å². The van der Waals surface area contributed by atoms with Crippen LogP contribution in [0.4, 0.5) is 10.5 Å². The fourth-order valence-corrected chi connectivity index (χ4v) is 4.09. The molecule has 6 nitrogen and oxygen atoms in total. The Balaban J connectivity index is 2.08. The Morgan fingerprint density at radius 3 is 2.58 bits per heavy atom. The highest BCUT2D eigenvalue weighted by molar-refractivity contribution is 6.02. The number of likely N-dealkylation sites (tertiary alicyclic amines) is 1. The summed E-state index contributed by atoms with van der Waals surface area (Å²) in [6.45, 7) is 6.52. The minimum atomic E-state index is -1.18. The van der Waals surface area contributed by atoms with Crippen molar-refractivity contribution in [2.75, 3.05) is 6.54 Å². The summed E-state index contributed by atoms with van der Waals surface area (Å²) in [7, 11) is 0. The highest BCUT2D eigenvalue weighted by atomic mass is 16.4. The van der Waals surface area contributed by atoms with Gasteiger partial charge in [-0.15, -0.1) is 0 Å². The quantitative estimate of drug-likeness (QED) is 0.816. The predicted octanol–water partition coefficient (Wildman–Crippen LogP) is 2.49. The SMILES string of the molecule is CC(C)(C)[N+]1(c2ccc3c(c2)CCC3=O)CCC(NC(=O)O)C1=O. The number of nitrogens with zero attached hydrogens (tertiary/aromatic N) is 1. The third kappa shape index (κ3) is 2.33. The molecule has 128 valence electrons. The van der Waals surface area contributed by atoms with Crippen molar-refractivity contribution in [1.82, 2.24) is 9.80 Å². The minimum absolute atomic E-state index is 0.0966. The van der Waals surface area contributed by atoms with Crippen LogP contribution in [0.2, 0.25) is 0 Å². The zero-order chi connectivity index (χ0) is 17.7. The maximum atomic E-state index is 13.2. The Bertz CT molecular complexity index is 735. The second-order valence-electron chi connectivity index (χ2n) is 7.60. The van der Waals surface area contributed by atoms with Gasteiger partial charge in [-0.3, -0.25) is 4.79 Å². The summed E-state index contributed by atoms with van der Waals surface area (Å²) in [5.74, 6) is 0.0196. The Morgan fingerprint density at radius 1 is 1.25 bits per heavy atom. The van der Waals surface area contributed by atoms with Gasteiger partial charge in [0, 0.05) is 30.5 Å². The molecule has 24 heavy (non-hydrogen) atoms. The second kappa shape index (κ2) is 5.41. The van der Waals surface area contributed by atoms with Gasteiger partial charge in [0.05, 0.1) is 6.54 Å². The molecule has 2 aliphatic rings. The number of carbonyl (C=O) groups is 3. The van der Waals surface area contributed by atoms with Crippen molar-refractivity contribution >= 4 is 23.5 Å². The van der Waals surface area contributed by atoms with E-state index in [1.807, 2.05) is 39.0 Å². The summed E-state index contributed by atoms with van der Waals surface area (Å²) in [5.41, 5.74) is 2.16. The zero-order valence-electron chi connectivity index (χ0n) is 14.3. The molecular weight excluding hydrogens is 308 g/mol. The number of amides is 2. The van der Waals surface area contributed by atoms with Crippen LogP contribution in [0.25, 0.3) is 0 Å². The summed E-state index contributed by atoms with van der Waals surface area (Å²) in [6, 6.07) is 4.94. The monoisotopic (exact) mass is 331 g/mol. The molecule has 0 aromatic heterocycles. The van der Waals surface area contributed by atoms with E-state index >= 15 is 0 Å². The number of carboxylic acid groups (broad SMARTS) is 1. The largest absolute Gasteiger partial charge is 0.465 e. The topological polar surface area (TPSA) is 83.5 Å². The number of hydrogen-bond acceptors (Lipinski definition) is 3. The van der Waals surface area contributed by atoms with Crippen molar-refractivity contribution in [2.45, 2.75) is 51.6 Å². The molecule has 1 heterocycles. The number of quaternary nitrogens is 1. The average molecular weight is 331 g/mol. The molecule has 2 amide bonds. The molecule has 1 aliphatic carbocycles. The average Bonchev–Trinajstić information content (AvgIpc) is 3.00. The first-order valence-electron chi connectivity index (χ1n) is 8.25. The molecule has 0 radical (unpaired) electrons. The first-order chi connectivity index (χ1) is 11.2. The van der Waals surface area contributed by atoms with Gasteiger partial charge in [0.25, 0.3) is 0 Å². The maximum Gasteiger partial charge on any atom is 0.405 e. The third-order valence-corrected chi connectivity index (χ3v) is 5.32. The summed E-state index contributed by atoms with van der Waals surface area (Å²) >= 11 is 0. The fraction of sp³-hybridized carbons (Fsp3) is 0.500. The molecule has 2 unspecified atom stereocenters. The number of nitrogens with one attached hydrogen (secondary N) is 1. The van der Waals surface area contributed by atoms with Crippen LogP contribution in [0.1, 0.15) is 49.5 Å². The lowest BCUT2D eigenvalue weighted by Crippen LogP contribution is -2.64. The van der Waals surface area contributed by atoms with Crippen molar-refractivity contribution in [3.63, 3.8) is 0 Å². The molecule has 1 aromatic rings. The van der Waals surface area contributed by atoms with E-state index in [0.717, 1.165) is 16.8 Å². The van der Waals surface area contributed by atoms with Crippen LogP contribution in [0.15, 0.2) is 18.2 Å². The highest BCUT2D eigenvalue weighted by Gasteiger charge is 2.57. The summed E-state index contributed by atoms with van der Waals surface area (Å²) in [5, 5.41) is 11.3. The molecule has 1 aliphatic heterocycles. The van der Waals surface area contributed by atoms with Crippen molar-refractivity contribution in [1.29, 1.82) is 0 Å². The van der Waals surface area contributed by atoms with Crippen LogP contribution in [-0.2, 0) is 11.2 Å². The van der Waals surface area contributed by atoms with Crippen LogP contribution >= 0.6 is 0 Å². The lowest BCUT2D eigenvalue weighted by Gasteiger charge is -2.43. The Hall–Kier alpha value is -2.21. The van der Waals surface area contributed by atoms with E-state index in [0.29, 0.717) is 25.8 Å². The second-order valence-corrected chi connectivity index (χ2v) is 7.60. The number of aryl methyl sites for hydroxylation is 1. The van der Waals surface area contributed by atoms with Gasteiger partial charge in [0.1, 0.15) is 11.2 Å². The van der Waals surface area contributed by atoms with Crippen LogP contribution in [0.3, 0.4) is 0 Å². The highest BCUT2D eigenvalue weighted by Crippen LogP contribution is 2.40. The molecule has 1 saturated heterocycles. The van der Waals surface area contributed by atoms with Crippen LogP contribution in [0.5, 0.6) is 0 Å². The first-order valence-corrected chi connectivity index (χ1v) is 8.25. The number of benzene rings is 1. The Kier molecular flexibility index (Phi) is 3.75. The molecule has 1 fully saturated rings. The van der Waals surface area contributed by atoms with E-state index in [-0.39, 0.29) is 16.2 Å². The van der Waals surface area contributed by atoms with Gasteiger partial charge in [-0.1, -0.05) is 0 Å². The lowest BCUT2D eigenvalue weighted by molar-refractivity contribution is -0.132. The Morgan fingerprint density at radius 2 is 1.96 bits per heavy atom. The molecule has 2 N–H and O–H groups in total. The Labute approximate surface area is 141 Å². The van der Waals surface area contributed by atoms with Gasteiger partial charge in [-0.2, -0.15) is 0 Å². The van der Waals surface area contributed by atoms with Crippen molar-refractivity contribution in [3.05, 3.63) is 29.3 Å². The van der Waals surface area contributed by atoms with E-state index < -0.39 is 17.7 Å². The normalized spacial score (nSPS) is 26.5. The smallest absolute Gasteiger partial charge is 0.405 e. The maximum absolute atomic E-state index is 13.2. The minimum Gasteiger partial charge on any atom is -0.465 e. The van der Waals surface area contributed by atoms with Gasteiger partial charge >= 0.3 is 12.0 Å². The van der Waals surface area contributed by atoms with E-state index in [4.69, 9.17) is 5.11 Å². The molecule has 0 spiro atoms. The summed E-state index contributed by atoms with van der Waals surface area (Å²) in [6.07, 6.45) is 0.517. The first kappa shape index (κ1) is 16.6. The molecule has 6 heteroatoms. The number of hydrogen-bond donors (Lipinski definition) is 2. The van der Waals surface area contributed by atoms with Crippen LogP contribution < -0.4 is 9.80 Å². The molecule has 2 atom stereocenters. The summed E-state index contributed by atoms with van der Waals surface area (Å²) < 4.78 is 0.0966. The van der Waals surface area contributed by atoms with Gasteiger partial charge < -0.3 is 10.4 Å². The van der Waals surface area contributed by atoms with E-state index in [1.54, 1.807) is 0 Å². The van der Waals surface area contributed by atoms with Gasteiger partial charge in [0.2, 0.25) is 0 Å². The van der Waals surface area contributed by atoms with Crippen molar-refractivity contribution in [3.8, 4) is 0 Å². The number of Topliss-reactive ketones (excluding diaryl/α,β-unsaturated/α-hetero) is 1. The number of fused-ring (bicyclic) bond motifs is 1. The third-order valence-electron chi connectivity index (χ3n) is 5.32. The standard InChI is InChI=1S/C18H22N2O4/c1-18(2,3)20(9-8-14(16(20)22)19-17(23)24)12-5-6-13-11(10-12)4-7-15(13)21/h5-6,10,14,19H,4,7-9H2,1-3H3/p+1. The summed E-state index contributed by atoms with van der Waals surface area (Å²) in [4.78, 5) is 36.0. The van der Waals surface area contributed by atoms with E-state index in [2.05, 4.69) is 5.32 Å². The number of carbonyl (C=O) groups excluding carboxylic acids is 2. The zero-order valence-corrected chi connectivity index (χ0v) is 14.3. The number of ketones is 1. The molecule has 3 rings (SSSR count). The fourth-order valence-electron chi connectivity index (χ4n) is 4.09. The molecule has 0 bridgehead atoms. The molecule has 1 aromatic carbocycles. The van der Waals surface area contributed by atoms with Gasteiger partial charge in [0.15, 0.2) is 11.8 Å².